The first kappa shape index (κ1) is 11.3. The van der Waals surface area contributed by atoms with Crippen LogP contribution in [-0.2, 0) is 0 Å². The molecule has 3 rings (SSSR count). The van der Waals surface area contributed by atoms with E-state index >= 15 is 0 Å². The maximum atomic E-state index is 13.7. The fourth-order valence-corrected chi connectivity index (χ4v) is 1.77. The van der Waals surface area contributed by atoms with Crippen LogP contribution in [0, 0.1) is 5.82 Å². The Bertz CT molecular complexity index is 708. The van der Waals surface area contributed by atoms with Crippen LogP contribution in [0.15, 0.2) is 49.1 Å². The van der Waals surface area contributed by atoms with Crippen LogP contribution < -0.4 is 5.73 Å². The summed E-state index contributed by atoms with van der Waals surface area (Å²) in [5, 5.41) is 4.26. The molecular weight excluding hydrogens is 245 g/mol. The Balaban J connectivity index is 2.10. The molecule has 94 valence electrons. The molecule has 5 nitrogen and oxygen atoms in total. The van der Waals surface area contributed by atoms with Gasteiger partial charge in [-0.15, -0.1) is 0 Å². The van der Waals surface area contributed by atoms with E-state index in [1.165, 1.54) is 10.7 Å². The molecule has 6 heteroatoms. The second kappa shape index (κ2) is 4.49. The molecule has 0 aliphatic carbocycles. The standard InChI is InChI=1S/C13H10FN5/c14-9-3-1-2-4-12(9)19-8-10(15)13(18-19)11-7-16-5-6-17-11/h1-8H,15H2. The lowest BCUT2D eigenvalue weighted by molar-refractivity contribution is 0.611. The molecule has 2 N–H and O–H groups in total. The average molecular weight is 255 g/mol. The Hall–Kier alpha value is -2.76. The molecule has 0 atom stereocenters. The normalized spacial score (nSPS) is 10.6. The van der Waals surface area contributed by atoms with Crippen LogP contribution in [0.4, 0.5) is 10.1 Å². The monoisotopic (exact) mass is 255 g/mol. The van der Waals surface area contributed by atoms with Crippen LogP contribution in [0.25, 0.3) is 17.1 Å². The molecule has 0 saturated carbocycles. The number of nitrogens with zero attached hydrogens (tertiary/aromatic N) is 4. The van der Waals surface area contributed by atoms with Crippen molar-refractivity contribution >= 4 is 5.69 Å². The molecule has 2 heterocycles. The number of benzene rings is 1. The van der Waals surface area contributed by atoms with Crippen LogP contribution in [0.1, 0.15) is 0 Å². The number of halogens is 1. The van der Waals surface area contributed by atoms with E-state index in [1.807, 2.05) is 0 Å². The summed E-state index contributed by atoms with van der Waals surface area (Å²) in [7, 11) is 0. The summed E-state index contributed by atoms with van der Waals surface area (Å²) in [6.45, 7) is 0. The Labute approximate surface area is 108 Å². The Morgan fingerprint density at radius 2 is 2.00 bits per heavy atom. The van der Waals surface area contributed by atoms with Gasteiger partial charge in [0.2, 0.25) is 0 Å². The van der Waals surface area contributed by atoms with Gasteiger partial charge in [-0.05, 0) is 12.1 Å². The number of anilines is 1. The van der Waals surface area contributed by atoms with E-state index in [0.29, 0.717) is 22.8 Å². The molecule has 3 aromatic rings. The number of para-hydroxylation sites is 1. The van der Waals surface area contributed by atoms with Crippen LogP contribution in [0.3, 0.4) is 0 Å². The number of hydrogen-bond acceptors (Lipinski definition) is 4. The van der Waals surface area contributed by atoms with Crippen LogP contribution >= 0.6 is 0 Å². The quantitative estimate of drug-likeness (QED) is 0.760. The third-order valence-corrected chi connectivity index (χ3v) is 2.65. The van der Waals surface area contributed by atoms with Gasteiger partial charge in [-0.1, -0.05) is 12.1 Å². The summed E-state index contributed by atoms with van der Waals surface area (Å²) in [5.74, 6) is -0.365. The zero-order chi connectivity index (χ0) is 13.2. The number of nitrogen functional groups attached to an aromatic ring is 1. The predicted octanol–water partition coefficient (Wildman–Crippen LogP) is 2.05. The minimum Gasteiger partial charge on any atom is -0.396 e. The second-order valence-electron chi connectivity index (χ2n) is 3.92. The van der Waals surface area contributed by atoms with E-state index in [4.69, 9.17) is 5.73 Å². The predicted molar refractivity (Wildman–Crippen MR) is 69.0 cm³/mol. The molecule has 0 fully saturated rings. The maximum Gasteiger partial charge on any atom is 0.148 e. The van der Waals surface area contributed by atoms with Crippen molar-refractivity contribution in [2.24, 2.45) is 0 Å². The summed E-state index contributed by atoms with van der Waals surface area (Å²) in [5.41, 5.74) is 7.68. The summed E-state index contributed by atoms with van der Waals surface area (Å²) < 4.78 is 15.1. The number of nitrogens with two attached hydrogens (primary N) is 1. The number of hydrogen-bond donors (Lipinski definition) is 1. The molecule has 19 heavy (non-hydrogen) atoms. The minimum absolute atomic E-state index is 0.337. The molecule has 0 aliphatic rings. The highest BCUT2D eigenvalue weighted by atomic mass is 19.1. The van der Waals surface area contributed by atoms with Gasteiger partial charge < -0.3 is 5.73 Å². The van der Waals surface area contributed by atoms with Crippen molar-refractivity contribution in [3.63, 3.8) is 0 Å². The third-order valence-electron chi connectivity index (χ3n) is 2.65. The van der Waals surface area contributed by atoms with Gasteiger partial charge in [-0.25, -0.2) is 9.07 Å². The van der Waals surface area contributed by atoms with E-state index in [-0.39, 0.29) is 5.82 Å². The topological polar surface area (TPSA) is 69.6 Å². The highest BCUT2D eigenvalue weighted by Crippen LogP contribution is 2.23. The molecule has 1 aromatic carbocycles. The summed E-state index contributed by atoms with van der Waals surface area (Å²) in [6, 6.07) is 6.35. The van der Waals surface area contributed by atoms with Gasteiger partial charge in [0.05, 0.1) is 18.1 Å². The first-order valence-corrected chi connectivity index (χ1v) is 5.62. The molecule has 0 amide bonds. The van der Waals surface area contributed by atoms with Crippen molar-refractivity contribution in [2.45, 2.75) is 0 Å². The largest absolute Gasteiger partial charge is 0.396 e. The van der Waals surface area contributed by atoms with Gasteiger partial charge >= 0.3 is 0 Å². The van der Waals surface area contributed by atoms with Gasteiger partial charge in [0, 0.05) is 12.4 Å². The third kappa shape index (κ3) is 2.03. The van der Waals surface area contributed by atoms with Crippen molar-refractivity contribution < 1.29 is 4.39 Å². The smallest absolute Gasteiger partial charge is 0.148 e. The Morgan fingerprint density at radius 3 is 2.74 bits per heavy atom. The zero-order valence-electron chi connectivity index (χ0n) is 9.86. The van der Waals surface area contributed by atoms with E-state index in [0.717, 1.165) is 0 Å². The average Bonchev–Trinajstić information content (AvgIpc) is 2.82. The van der Waals surface area contributed by atoms with Gasteiger partial charge in [0.1, 0.15) is 22.9 Å². The fraction of sp³-hybridized carbons (Fsp3) is 0. The molecular formula is C13H10FN5. The lowest BCUT2D eigenvalue weighted by Gasteiger charge is -2.01. The zero-order valence-corrected chi connectivity index (χ0v) is 9.86. The van der Waals surface area contributed by atoms with Gasteiger partial charge in [-0.2, -0.15) is 5.10 Å². The maximum absolute atomic E-state index is 13.7. The molecule has 0 unspecified atom stereocenters. The Kier molecular flexibility index (Phi) is 2.68. The molecule has 0 aliphatic heterocycles. The van der Waals surface area contributed by atoms with E-state index < -0.39 is 0 Å². The fourth-order valence-electron chi connectivity index (χ4n) is 1.77. The van der Waals surface area contributed by atoms with Crippen molar-refractivity contribution in [1.82, 2.24) is 19.7 Å². The molecule has 0 radical (unpaired) electrons. The van der Waals surface area contributed by atoms with Gasteiger partial charge in [0.25, 0.3) is 0 Å². The van der Waals surface area contributed by atoms with E-state index in [2.05, 4.69) is 15.1 Å². The summed E-state index contributed by atoms with van der Waals surface area (Å²) in [6.07, 6.45) is 6.23. The first-order chi connectivity index (χ1) is 9.25. The van der Waals surface area contributed by atoms with Crippen molar-refractivity contribution in [1.29, 1.82) is 0 Å². The minimum atomic E-state index is -0.365. The highest BCUT2D eigenvalue weighted by Gasteiger charge is 2.12. The first-order valence-electron chi connectivity index (χ1n) is 5.62. The summed E-state index contributed by atoms with van der Waals surface area (Å²) in [4.78, 5) is 8.09. The summed E-state index contributed by atoms with van der Waals surface area (Å²) >= 11 is 0. The van der Waals surface area contributed by atoms with Crippen LogP contribution in [0.5, 0.6) is 0 Å². The Morgan fingerprint density at radius 1 is 1.16 bits per heavy atom. The van der Waals surface area contributed by atoms with Crippen LogP contribution in [0.2, 0.25) is 0 Å². The lowest BCUT2D eigenvalue weighted by Crippen LogP contribution is -1.98. The van der Waals surface area contributed by atoms with Crippen molar-refractivity contribution in [3.8, 4) is 17.1 Å². The second-order valence-corrected chi connectivity index (χ2v) is 3.92. The SMILES string of the molecule is Nc1cn(-c2ccccc2F)nc1-c1cnccn1. The van der Waals surface area contributed by atoms with Crippen LogP contribution in [-0.4, -0.2) is 19.7 Å². The van der Waals surface area contributed by atoms with E-state index in [9.17, 15) is 4.39 Å². The van der Waals surface area contributed by atoms with E-state index in [1.54, 1.807) is 43.0 Å². The molecule has 2 aromatic heterocycles. The molecule has 0 saturated heterocycles. The molecule has 0 spiro atoms. The van der Waals surface area contributed by atoms with Gasteiger partial charge in [-0.3, -0.25) is 9.97 Å². The number of rotatable bonds is 2. The highest BCUT2D eigenvalue weighted by molar-refractivity contribution is 5.68. The van der Waals surface area contributed by atoms with Crippen molar-refractivity contribution in [3.05, 3.63) is 54.9 Å². The molecule has 0 bridgehead atoms. The van der Waals surface area contributed by atoms with Crippen molar-refractivity contribution in [2.75, 3.05) is 5.73 Å². The lowest BCUT2D eigenvalue weighted by atomic mass is 10.3. The van der Waals surface area contributed by atoms with Gasteiger partial charge in [0.15, 0.2) is 0 Å². The number of aromatic nitrogens is 4.